The van der Waals surface area contributed by atoms with Gasteiger partial charge in [0, 0.05) is 68.2 Å². The summed E-state index contributed by atoms with van der Waals surface area (Å²) >= 11 is 3.73. The number of benzene rings is 9. The van der Waals surface area contributed by atoms with E-state index in [9.17, 15) is 0 Å². The molecule has 0 N–H and O–H groups in total. The third-order valence-electron chi connectivity index (χ3n) is 11.5. The molecule has 0 saturated carbocycles. The van der Waals surface area contributed by atoms with Crippen molar-refractivity contribution in [2.24, 2.45) is 0 Å². The van der Waals surface area contributed by atoms with Crippen molar-refractivity contribution in [1.82, 2.24) is 0 Å². The van der Waals surface area contributed by atoms with Gasteiger partial charge in [0.05, 0.1) is 0 Å². The van der Waals surface area contributed by atoms with Gasteiger partial charge in [-0.1, -0.05) is 121 Å². The van der Waals surface area contributed by atoms with E-state index in [2.05, 4.69) is 193 Å². The average Bonchev–Trinajstić information content (AvgIpc) is 3.98. The van der Waals surface area contributed by atoms with Crippen molar-refractivity contribution in [2.45, 2.75) is 0 Å². The van der Waals surface area contributed by atoms with Gasteiger partial charge in [0.15, 0.2) is 0 Å². The molecule has 0 saturated heterocycles. The van der Waals surface area contributed by atoms with E-state index in [1.807, 2.05) is 34.8 Å². The van der Waals surface area contributed by atoms with Crippen molar-refractivity contribution in [1.29, 1.82) is 0 Å². The van der Waals surface area contributed by atoms with Gasteiger partial charge in [-0.3, -0.25) is 0 Å². The van der Waals surface area contributed by atoms with Gasteiger partial charge >= 0.3 is 0 Å². The second-order valence-electron chi connectivity index (χ2n) is 14.9. The summed E-state index contributed by atoms with van der Waals surface area (Å²) in [6.07, 6.45) is 0. The number of thiophene rings is 2. The Morgan fingerprint density at radius 2 is 0.862 bits per heavy atom. The molecule has 58 heavy (non-hydrogen) atoms. The van der Waals surface area contributed by atoms with Crippen molar-refractivity contribution >= 4 is 102 Å². The summed E-state index contributed by atoms with van der Waals surface area (Å²) < 4.78 is 11.4. The molecule has 3 aromatic heterocycles. The minimum Gasteiger partial charge on any atom is -0.456 e. The zero-order valence-electron chi connectivity index (χ0n) is 31.2. The minimum absolute atomic E-state index is 0.908. The van der Waals surface area contributed by atoms with Crippen molar-refractivity contribution in [3.8, 4) is 33.4 Å². The Kier molecular flexibility index (Phi) is 7.62. The molecular weight excluding hydrogens is 743 g/mol. The lowest BCUT2D eigenvalue weighted by Crippen LogP contribution is -2.10. The second-order valence-corrected chi connectivity index (χ2v) is 17.0. The number of nitrogens with zero attached hydrogens (tertiary/aromatic N) is 1. The standard InChI is InChI=1S/C54H33NOS2/c1-4-19-49-43(14-1)47-32-36(24-28-50(47)56-49)34-22-26-39(27-23-34)55(40-12-7-10-35(30-40)37-25-29-53-48(33-37)45-16-3-5-20-51(45)57-53)41-13-8-11-38(31-41)42-17-9-18-46-44-15-2-6-21-52(44)58-54(42)46/h1-33H. The maximum absolute atomic E-state index is 6.14. The summed E-state index contributed by atoms with van der Waals surface area (Å²) in [5, 5.41) is 7.51. The van der Waals surface area contributed by atoms with Crippen LogP contribution in [0.4, 0.5) is 17.1 Å². The normalized spacial score (nSPS) is 11.8. The van der Waals surface area contributed by atoms with Gasteiger partial charge in [-0.15, -0.1) is 22.7 Å². The number of fused-ring (bicyclic) bond motifs is 9. The maximum atomic E-state index is 6.14. The van der Waals surface area contributed by atoms with E-state index in [0.29, 0.717) is 0 Å². The highest BCUT2D eigenvalue weighted by Crippen LogP contribution is 2.44. The van der Waals surface area contributed by atoms with Gasteiger partial charge in [-0.05, 0) is 112 Å². The van der Waals surface area contributed by atoms with Gasteiger partial charge in [-0.2, -0.15) is 0 Å². The smallest absolute Gasteiger partial charge is 0.135 e. The van der Waals surface area contributed by atoms with Crippen molar-refractivity contribution in [3.05, 3.63) is 200 Å². The Labute approximate surface area is 343 Å². The molecule has 0 atom stereocenters. The van der Waals surface area contributed by atoms with Crippen LogP contribution in [0, 0.1) is 0 Å². The summed E-state index contributed by atoms with van der Waals surface area (Å²) in [5.41, 5.74) is 12.3. The van der Waals surface area contributed by atoms with Crippen LogP contribution in [-0.2, 0) is 0 Å². The van der Waals surface area contributed by atoms with Crippen LogP contribution in [0.2, 0.25) is 0 Å². The summed E-state index contributed by atoms with van der Waals surface area (Å²) in [6.45, 7) is 0. The SMILES string of the molecule is c1cc(-c2ccc3sc4ccccc4c3c2)cc(N(c2ccc(-c3ccc4oc5ccccc5c4c3)cc2)c2cccc(-c3cccc4c3sc3ccccc34)c2)c1. The van der Waals surface area contributed by atoms with E-state index >= 15 is 0 Å². The summed E-state index contributed by atoms with van der Waals surface area (Å²) in [7, 11) is 0. The zero-order chi connectivity index (χ0) is 38.2. The van der Waals surface area contributed by atoms with Crippen LogP contribution in [0.15, 0.2) is 205 Å². The molecule has 4 heteroatoms. The molecule has 3 heterocycles. The molecule has 12 rings (SSSR count). The maximum Gasteiger partial charge on any atom is 0.135 e. The first kappa shape index (κ1) is 33.2. The van der Waals surface area contributed by atoms with E-state index < -0.39 is 0 Å². The fraction of sp³-hybridized carbons (Fsp3) is 0. The topological polar surface area (TPSA) is 16.4 Å². The number of para-hydroxylation sites is 1. The Morgan fingerprint density at radius 3 is 1.69 bits per heavy atom. The predicted molar refractivity (Wildman–Crippen MR) is 250 cm³/mol. The molecule has 272 valence electrons. The van der Waals surface area contributed by atoms with Gasteiger partial charge < -0.3 is 9.32 Å². The molecule has 0 fully saturated rings. The molecule has 0 spiro atoms. The second kappa shape index (κ2) is 13.3. The Balaban J connectivity index is 0.991. The highest BCUT2D eigenvalue weighted by Gasteiger charge is 2.18. The van der Waals surface area contributed by atoms with Gasteiger partial charge in [0.25, 0.3) is 0 Å². The first-order valence-electron chi connectivity index (χ1n) is 19.6. The van der Waals surface area contributed by atoms with E-state index in [1.165, 1.54) is 62.6 Å². The number of rotatable bonds is 6. The molecule has 0 aliphatic carbocycles. The molecule has 2 nitrogen and oxygen atoms in total. The molecule has 12 aromatic rings. The zero-order valence-corrected chi connectivity index (χ0v) is 32.9. The van der Waals surface area contributed by atoms with E-state index in [1.54, 1.807) is 0 Å². The number of hydrogen-bond acceptors (Lipinski definition) is 4. The van der Waals surface area contributed by atoms with E-state index in [4.69, 9.17) is 4.42 Å². The molecule has 9 aromatic carbocycles. The van der Waals surface area contributed by atoms with Gasteiger partial charge in [0.1, 0.15) is 11.2 Å². The van der Waals surface area contributed by atoms with Gasteiger partial charge in [-0.25, -0.2) is 0 Å². The van der Waals surface area contributed by atoms with Crippen molar-refractivity contribution in [2.75, 3.05) is 4.90 Å². The van der Waals surface area contributed by atoms with Crippen LogP contribution in [0.3, 0.4) is 0 Å². The lowest BCUT2D eigenvalue weighted by molar-refractivity contribution is 0.669. The third kappa shape index (κ3) is 5.45. The highest BCUT2D eigenvalue weighted by atomic mass is 32.1. The number of anilines is 3. The Bertz CT molecular complexity index is 3530. The van der Waals surface area contributed by atoms with Crippen LogP contribution >= 0.6 is 22.7 Å². The van der Waals surface area contributed by atoms with Crippen LogP contribution in [0.5, 0.6) is 0 Å². The molecule has 0 aliphatic heterocycles. The highest BCUT2D eigenvalue weighted by molar-refractivity contribution is 7.26. The Morgan fingerprint density at radius 1 is 0.310 bits per heavy atom. The average molecular weight is 776 g/mol. The third-order valence-corrected chi connectivity index (χ3v) is 13.8. The quantitative estimate of drug-likeness (QED) is 0.167. The predicted octanol–water partition coefficient (Wildman–Crippen LogP) is 16.8. The molecule has 0 bridgehead atoms. The first-order chi connectivity index (χ1) is 28.7. The molecule has 0 unspecified atom stereocenters. The van der Waals surface area contributed by atoms with Crippen LogP contribution in [0.1, 0.15) is 0 Å². The molecular formula is C54H33NOS2. The van der Waals surface area contributed by atoms with E-state index in [-0.39, 0.29) is 0 Å². The molecule has 0 aliphatic rings. The Hall–Kier alpha value is -6.98. The van der Waals surface area contributed by atoms with E-state index in [0.717, 1.165) is 50.1 Å². The minimum atomic E-state index is 0.908. The van der Waals surface area contributed by atoms with Crippen LogP contribution < -0.4 is 4.90 Å². The largest absolute Gasteiger partial charge is 0.456 e. The molecule has 0 radical (unpaired) electrons. The fourth-order valence-corrected chi connectivity index (χ4v) is 11.0. The van der Waals surface area contributed by atoms with Crippen LogP contribution in [0.25, 0.3) is 95.7 Å². The number of furan rings is 1. The van der Waals surface area contributed by atoms with Crippen LogP contribution in [-0.4, -0.2) is 0 Å². The summed E-state index contributed by atoms with van der Waals surface area (Å²) in [5.74, 6) is 0. The first-order valence-corrected chi connectivity index (χ1v) is 21.2. The summed E-state index contributed by atoms with van der Waals surface area (Å²) in [6, 6.07) is 72.8. The fourth-order valence-electron chi connectivity index (χ4n) is 8.67. The van der Waals surface area contributed by atoms with Crippen molar-refractivity contribution < 1.29 is 4.42 Å². The summed E-state index contributed by atoms with van der Waals surface area (Å²) in [4.78, 5) is 2.40. The monoisotopic (exact) mass is 775 g/mol. The number of hydrogen-bond donors (Lipinski definition) is 0. The lowest BCUT2D eigenvalue weighted by atomic mass is 10.00. The van der Waals surface area contributed by atoms with Gasteiger partial charge in [0.2, 0.25) is 0 Å². The lowest BCUT2D eigenvalue weighted by Gasteiger charge is -2.27. The molecule has 0 amide bonds. The van der Waals surface area contributed by atoms with Crippen molar-refractivity contribution in [3.63, 3.8) is 0 Å².